The Balaban J connectivity index is 1.51. The van der Waals surface area contributed by atoms with Gasteiger partial charge >= 0.3 is 0 Å². The molecule has 1 aromatic heterocycles. The number of hydrogen-bond donors (Lipinski definition) is 1. The highest BCUT2D eigenvalue weighted by Gasteiger charge is 2.34. The van der Waals surface area contributed by atoms with E-state index in [0.717, 1.165) is 42.3 Å². The van der Waals surface area contributed by atoms with E-state index >= 15 is 0 Å². The van der Waals surface area contributed by atoms with Crippen molar-refractivity contribution in [2.75, 3.05) is 33.4 Å². The average Bonchev–Trinajstić information content (AvgIpc) is 3.48. The summed E-state index contributed by atoms with van der Waals surface area (Å²) < 4.78 is 13.2. The molecule has 32 heavy (non-hydrogen) atoms. The van der Waals surface area contributed by atoms with Crippen molar-refractivity contribution >= 4 is 57.1 Å². The van der Waals surface area contributed by atoms with Crippen molar-refractivity contribution in [3.05, 3.63) is 40.9 Å². The summed E-state index contributed by atoms with van der Waals surface area (Å²) in [5, 5.41) is 3.91. The third-order valence-electron chi connectivity index (χ3n) is 5.55. The van der Waals surface area contributed by atoms with Crippen LogP contribution in [0.5, 0.6) is 0 Å². The molecule has 1 atom stereocenters. The number of methoxy groups -OCH3 is 1. The van der Waals surface area contributed by atoms with E-state index in [9.17, 15) is 9.59 Å². The first kappa shape index (κ1) is 23.0. The van der Waals surface area contributed by atoms with Crippen LogP contribution in [0.3, 0.4) is 0 Å². The first-order valence-corrected chi connectivity index (χ1v) is 12.0. The van der Waals surface area contributed by atoms with Gasteiger partial charge in [-0.15, -0.1) is 0 Å². The molecule has 7 nitrogen and oxygen atoms in total. The molecule has 0 bridgehead atoms. The molecule has 4 rings (SSSR count). The first-order chi connectivity index (χ1) is 15.6. The molecule has 2 aromatic rings. The minimum absolute atomic E-state index is 0.0566. The smallest absolute Gasteiger partial charge is 0.266 e. The Kier molecular flexibility index (Phi) is 7.62. The number of nitrogens with zero attached hydrogens (tertiary/aromatic N) is 2. The molecule has 2 fully saturated rings. The van der Waals surface area contributed by atoms with E-state index in [2.05, 4.69) is 5.32 Å². The second-order valence-corrected chi connectivity index (χ2v) is 9.53. The number of ether oxygens (including phenoxy) is 2. The van der Waals surface area contributed by atoms with Crippen molar-refractivity contribution in [1.82, 2.24) is 14.8 Å². The van der Waals surface area contributed by atoms with Crippen LogP contribution in [0.15, 0.2) is 35.4 Å². The van der Waals surface area contributed by atoms with Crippen LogP contribution < -0.4 is 5.32 Å². The number of fused-ring (bicyclic) bond motifs is 1. The van der Waals surface area contributed by atoms with E-state index in [4.69, 9.17) is 21.7 Å². The van der Waals surface area contributed by atoms with Gasteiger partial charge in [-0.25, -0.2) is 0 Å². The Morgan fingerprint density at radius 2 is 2.25 bits per heavy atom. The van der Waals surface area contributed by atoms with Gasteiger partial charge in [-0.2, -0.15) is 0 Å². The van der Waals surface area contributed by atoms with Gasteiger partial charge in [0.05, 0.1) is 17.6 Å². The minimum atomic E-state index is -0.0804. The predicted molar refractivity (Wildman–Crippen MR) is 130 cm³/mol. The zero-order valence-electron chi connectivity index (χ0n) is 18.0. The maximum absolute atomic E-state index is 13.0. The summed E-state index contributed by atoms with van der Waals surface area (Å²) >= 11 is 6.79. The first-order valence-electron chi connectivity index (χ1n) is 10.8. The quantitative estimate of drug-likeness (QED) is 0.343. The average molecular weight is 474 g/mol. The molecule has 3 heterocycles. The second-order valence-electron chi connectivity index (χ2n) is 7.85. The second kappa shape index (κ2) is 10.6. The van der Waals surface area contributed by atoms with E-state index in [-0.39, 0.29) is 24.5 Å². The summed E-state index contributed by atoms with van der Waals surface area (Å²) in [6, 6.07) is 7.88. The van der Waals surface area contributed by atoms with Gasteiger partial charge in [-0.05, 0) is 31.4 Å². The Hall–Kier alpha value is -2.20. The summed E-state index contributed by atoms with van der Waals surface area (Å²) in [4.78, 5) is 27.7. The number of carbonyl (C=O) groups is 2. The summed E-state index contributed by atoms with van der Waals surface area (Å²) in [5.74, 6) is -0.139. The van der Waals surface area contributed by atoms with Gasteiger partial charge in [0.15, 0.2) is 0 Å². The number of amides is 2. The van der Waals surface area contributed by atoms with Crippen molar-refractivity contribution in [1.29, 1.82) is 0 Å². The van der Waals surface area contributed by atoms with Gasteiger partial charge in [-0.1, -0.05) is 42.2 Å². The Bertz CT molecular complexity index is 1040. The molecule has 170 valence electrons. The van der Waals surface area contributed by atoms with Crippen molar-refractivity contribution < 1.29 is 19.1 Å². The molecule has 1 N–H and O–H groups in total. The molecule has 0 unspecified atom stereocenters. The lowest BCUT2D eigenvalue weighted by atomic mass is 10.1. The summed E-state index contributed by atoms with van der Waals surface area (Å²) in [5.41, 5.74) is 1.84. The molecular weight excluding hydrogens is 446 g/mol. The van der Waals surface area contributed by atoms with Crippen LogP contribution in [0.2, 0.25) is 0 Å². The van der Waals surface area contributed by atoms with E-state index in [1.165, 1.54) is 11.8 Å². The summed E-state index contributed by atoms with van der Waals surface area (Å²) in [7, 11) is 1.64. The molecule has 2 saturated heterocycles. The number of rotatable bonds is 9. The molecule has 0 aliphatic carbocycles. The monoisotopic (exact) mass is 473 g/mol. The minimum Gasteiger partial charge on any atom is -0.385 e. The van der Waals surface area contributed by atoms with Crippen molar-refractivity contribution in [2.24, 2.45) is 0 Å². The lowest BCUT2D eigenvalue weighted by Crippen LogP contribution is -2.35. The number of nitrogens with one attached hydrogen (secondary N) is 1. The molecule has 9 heteroatoms. The molecule has 2 aliphatic rings. The van der Waals surface area contributed by atoms with Crippen LogP contribution in [0, 0.1) is 0 Å². The lowest BCUT2D eigenvalue weighted by molar-refractivity contribution is -0.123. The van der Waals surface area contributed by atoms with E-state index in [1.54, 1.807) is 12.0 Å². The fraction of sp³-hybridized carbons (Fsp3) is 0.435. The highest BCUT2D eigenvalue weighted by Crippen LogP contribution is 2.35. The zero-order valence-corrected chi connectivity index (χ0v) is 19.7. The molecule has 1 aromatic carbocycles. The van der Waals surface area contributed by atoms with E-state index < -0.39 is 0 Å². The van der Waals surface area contributed by atoms with Crippen LogP contribution in [-0.4, -0.2) is 65.1 Å². The maximum Gasteiger partial charge on any atom is 0.266 e. The van der Waals surface area contributed by atoms with Crippen molar-refractivity contribution in [3.63, 3.8) is 0 Å². The number of benzene rings is 1. The normalized spacial score (nSPS) is 20.1. The van der Waals surface area contributed by atoms with Crippen LogP contribution in [0.4, 0.5) is 0 Å². The van der Waals surface area contributed by atoms with E-state index in [0.29, 0.717) is 28.9 Å². The molecule has 2 amide bonds. The Labute approximate surface area is 197 Å². The van der Waals surface area contributed by atoms with Gasteiger partial charge in [0.1, 0.15) is 10.9 Å². The summed E-state index contributed by atoms with van der Waals surface area (Å²) in [6.45, 7) is 2.65. The molecule has 2 aliphatic heterocycles. The van der Waals surface area contributed by atoms with E-state index in [1.807, 2.05) is 41.1 Å². The fourth-order valence-corrected chi connectivity index (χ4v) is 5.23. The number of hydrogen-bond acceptors (Lipinski definition) is 6. The fourth-order valence-electron chi connectivity index (χ4n) is 3.97. The molecule has 0 saturated carbocycles. The number of aromatic nitrogens is 1. The van der Waals surface area contributed by atoms with Crippen LogP contribution in [0.25, 0.3) is 17.0 Å². The van der Waals surface area contributed by atoms with Gasteiger partial charge in [0.2, 0.25) is 5.91 Å². The Morgan fingerprint density at radius 3 is 3.03 bits per heavy atom. The number of carbonyl (C=O) groups excluding carboxylic acids is 2. The summed E-state index contributed by atoms with van der Waals surface area (Å²) in [6.07, 6.45) is 6.61. The van der Waals surface area contributed by atoms with Crippen LogP contribution >= 0.6 is 24.0 Å². The third kappa shape index (κ3) is 5.23. The maximum atomic E-state index is 13.0. The highest BCUT2D eigenvalue weighted by atomic mass is 32.2. The van der Waals surface area contributed by atoms with Crippen LogP contribution in [-0.2, 0) is 25.6 Å². The highest BCUT2D eigenvalue weighted by molar-refractivity contribution is 8.26. The van der Waals surface area contributed by atoms with Gasteiger partial charge < -0.3 is 19.4 Å². The standard InChI is InChI=1S/C23H27N3O4S2/c1-29-10-5-9-24-21(27)15-25-13-16(18-7-2-3-8-19(18)25)12-20-22(28)26(23(31)32-20)14-17-6-4-11-30-17/h2-3,7-8,12-13,17H,4-6,9-11,14-15H2,1H3,(H,24,27)/b20-12-/t17-/m1/s1. The molecule has 0 radical (unpaired) electrons. The Morgan fingerprint density at radius 1 is 1.41 bits per heavy atom. The topological polar surface area (TPSA) is 72.8 Å². The van der Waals surface area contributed by atoms with Gasteiger partial charge in [-0.3, -0.25) is 14.5 Å². The van der Waals surface area contributed by atoms with Gasteiger partial charge in [0, 0.05) is 49.5 Å². The predicted octanol–water partition coefficient (Wildman–Crippen LogP) is 3.17. The van der Waals surface area contributed by atoms with Gasteiger partial charge in [0.25, 0.3) is 5.91 Å². The molecular formula is C23H27N3O4S2. The van der Waals surface area contributed by atoms with Crippen molar-refractivity contribution in [2.45, 2.75) is 31.9 Å². The largest absolute Gasteiger partial charge is 0.385 e. The number of thioether (sulfide) groups is 1. The zero-order chi connectivity index (χ0) is 22.5. The molecule has 0 spiro atoms. The SMILES string of the molecule is COCCCNC(=O)Cn1cc(/C=C2\SC(=S)N(C[C@H]3CCCO3)C2=O)c2ccccc21. The van der Waals surface area contributed by atoms with Crippen molar-refractivity contribution in [3.8, 4) is 0 Å². The number of para-hydroxylation sites is 1. The number of thiocarbonyl (C=S) groups is 1. The van der Waals surface area contributed by atoms with Crippen LogP contribution in [0.1, 0.15) is 24.8 Å². The lowest BCUT2D eigenvalue weighted by Gasteiger charge is -2.18. The third-order valence-corrected chi connectivity index (χ3v) is 6.93.